The van der Waals surface area contributed by atoms with Gasteiger partial charge in [0.2, 0.25) is 5.91 Å². The molecule has 4 N–H and O–H groups in total. The lowest BCUT2D eigenvalue weighted by Gasteiger charge is -2.41. The highest BCUT2D eigenvalue weighted by atomic mass is 16.1. The van der Waals surface area contributed by atoms with Gasteiger partial charge in [0, 0.05) is 11.5 Å². The van der Waals surface area contributed by atoms with Gasteiger partial charge in [0.05, 0.1) is 0 Å². The van der Waals surface area contributed by atoms with Crippen LogP contribution in [0.2, 0.25) is 0 Å². The van der Waals surface area contributed by atoms with Crippen LogP contribution in [0.5, 0.6) is 0 Å². The fourth-order valence-corrected chi connectivity index (χ4v) is 2.25. The minimum Gasteiger partial charge on any atom is -0.368 e. The molecule has 1 amide bonds. The topological polar surface area (TPSA) is 116 Å². The van der Waals surface area contributed by atoms with Gasteiger partial charge in [0.1, 0.15) is 5.54 Å². The van der Waals surface area contributed by atoms with Crippen molar-refractivity contribution in [1.82, 2.24) is 10.6 Å². The molecule has 1 rings (SSSR count). The summed E-state index contributed by atoms with van der Waals surface area (Å²) < 4.78 is 0. The van der Waals surface area contributed by atoms with Gasteiger partial charge >= 0.3 is 0 Å². The van der Waals surface area contributed by atoms with Crippen molar-refractivity contribution in [3.05, 3.63) is 10.4 Å². The molecule has 0 saturated carbocycles. The maximum Gasteiger partial charge on any atom is 0.238 e. The first-order chi connectivity index (χ1) is 8.13. The maximum absolute atomic E-state index is 11.7. The highest BCUT2D eigenvalue weighted by Gasteiger charge is 2.42. The number of rotatable bonds is 6. The SMILES string of the molecule is CC1CNCCC1(NCCCN=[N+]=[N-])C(N)=O. The summed E-state index contributed by atoms with van der Waals surface area (Å²) >= 11 is 0. The van der Waals surface area contributed by atoms with E-state index >= 15 is 0 Å². The highest BCUT2D eigenvalue weighted by molar-refractivity contribution is 5.85. The van der Waals surface area contributed by atoms with Gasteiger partial charge in [-0.15, -0.1) is 0 Å². The van der Waals surface area contributed by atoms with Crippen molar-refractivity contribution in [2.24, 2.45) is 16.8 Å². The quantitative estimate of drug-likeness (QED) is 0.265. The van der Waals surface area contributed by atoms with Gasteiger partial charge in [-0.3, -0.25) is 4.79 Å². The van der Waals surface area contributed by atoms with Crippen molar-refractivity contribution in [2.75, 3.05) is 26.2 Å². The molecule has 1 aliphatic rings. The smallest absolute Gasteiger partial charge is 0.238 e. The van der Waals surface area contributed by atoms with E-state index in [2.05, 4.69) is 20.7 Å². The summed E-state index contributed by atoms with van der Waals surface area (Å²) in [6.45, 7) is 4.65. The summed E-state index contributed by atoms with van der Waals surface area (Å²) in [5.74, 6) is -0.136. The number of hydrogen-bond acceptors (Lipinski definition) is 4. The van der Waals surface area contributed by atoms with Crippen LogP contribution in [0.25, 0.3) is 10.4 Å². The van der Waals surface area contributed by atoms with Crippen LogP contribution in [0.15, 0.2) is 5.11 Å². The summed E-state index contributed by atoms with van der Waals surface area (Å²) in [7, 11) is 0. The van der Waals surface area contributed by atoms with Crippen molar-refractivity contribution in [1.29, 1.82) is 0 Å². The molecule has 0 aromatic heterocycles. The molecule has 2 atom stereocenters. The fourth-order valence-electron chi connectivity index (χ4n) is 2.25. The van der Waals surface area contributed by atoms with E-state index in [1.165, 1.54) is 0 Å². The molecule has 0 radical (unpaired) electrons. The molecular weight excluding hydrogens is 220 g/mol. The lowest BCUT2D eigenvalue weighted by atomic mass is 9.78. The zero-order valence-electron chi connectivity index (χ0n) is 10.1. The molecule has 2 unspecified atom stereocenters. The highest BCUT2D eigenvalue weighted by Crippen LogP contribution is 2.23. The molecule has 0 spiro atoms. The van der Waals surface area contributed by atoms with Crippen LogP contribution in [0.3, 0.4) is 0 Å². The van der Waals surface area contributed by atoms with Crippen LogP contribution in [-0.2, 0) is 4.79 Å². The first-order valence-electron chi connectivity index (χ1n) is 5.90. The van der Waals surface area contributed by atoms with Gasteiger partial charge in [-0.25, -0.2) is 0 Å². The third-order valence-electron chi connectivity index (χ3n) is 3.37. The maximum atomic E-state index is 11.7. The number of azide groups is 1. The van der Waals surface area contributed by atoms with E-state index in [0.29, 0.717) is 25.9 Å². The second-order valence-electron chi connectivity index (χ2n) is 4.43. The Kier molecular flexibility index (Phi) is 5.21. The molecule has 7 heteroatoms. The first kappa shape index (κ1) is 13.8. The molecule has 7 nitrogen and oxygen atoms in total. The number of nitrogens with zero attached hydrogens (tertiary/aromatic N) is 3. The predicted molar refractivity (Wildman–Crippen MR) is 65.2 cm³/mol. The normalized spacial score (nSPS) is 28.4. The van der Waals surface area contributed by atoms with E-state index in [-0.39, 0.29) is 11.8 Å². The Morgan fingerprint density at radius 3 is 3.12 bits per heavy atom. The zero-order chi connectivity index (χ0) is 12.7. The Balaban J connectivity index is 2.53. The number of hydrogen-bond donors (Lipinski definition) is 3. The number of carbonyl (C=O) groups is 1. The number of nitrogens with two attached hydrogens (primary N) is 1. The predicted octanol–water partition coefficient (Wildman–Crippen LogP) is 0.130. The Hall–Kier alpha value is -1.30. The summed E-state index contributed by atoms with van der Waals surface area (Å²) in [6.07, 6.45) is 1.41. The number of carbonyl (C=O) groups excluding carboxylic acids is 1. The Bertz CT molecular complexity index is 314. The van der Waals surface area contributed by atoms with Gasteiger partial charge in [-0.2, -0.15) is 0 Å². The number of amides is 1. The minimum atomic E-state index is -0.623. The van der Waals surface area contributed by atoms with Crippen LogP contribution in [0.4, 0.5) is 0 Å². The van der Waals surface area contributed by atoms with Gasteiger partial charge in [0.25, 0.3) is 0 Å². The molecular formula is C10H20N6O. The molecule has 0 bridgehead atoms. The first-order valence-corrected chi connectivity index (χ1v) is 5.90. The van der Waals surface area contributed by atoms with Crippen LogP contribution < -0.4 is 16.4 Å². The van der Waals surface area contributed by atoms with Crippen molar-refractivity contribution in [3.8, 4) is 0 Å². The Morgan fingerprint density at radius 2 is 2.53 bits per heavy atom. The van der Waals surface area contributed by atoms with Crippen molar-refractivity contribution in [2.45, 2.75) is 25.3 Å². The van der Waals surface area contributed by atoms with E-state index in [1.807, 2.05) is 6.92 Å². The Labute approximate surface area is 101 Å². The lowest BCUT2D eigenvalue weighted by molar-refractivity contribution is -0.127. The fraction of sp³-hybridized carbons (Fsp3) is 0.900. The monoisotopic (exact) mass is 240 g/mol. The standard InChI is InChI=1S/C10H20N6O/c1-8-7-13-6-3-10(8,9(11)17)14-4-2-5-15-16-12/h8,13-14H,2-7H2,1H3,(H2,11,17). The van der Waals surface area contributed by atoms with E-state index in [4.69, 9.17) is 11.3 Å². The van der Waals surface area contributed by atoms with Crippen molar-refractivity contribution >= 4 is 5.91 Å². The van der Waals surface area contributed by atoms with Crippen LogP contribution in [-0.4, -0.2) is 37.6 Å². The second kappa shape index (κ2) is 6.44. The summed E-state index contributed by atoms with van der Waals surface area (Å²) in [6, 6.07) is 0. The number of primary amides is 1. The lowest BCUT2D eigenvalue weighted by Crippen LogP contribution is -2.65. The Morgan fingerprint density at radius 1 is 1.76 bits per heavy atom. The number of nitrogens with one attached hydrogen (secondary N) is 2. The minimum absolute atomic E-state index is 0.160. The molecule has 0 aliphatic carbocycles. The van der Waals surface area contributed by atoms with Gasteiger partial charge in [-0.1, -0.05) is 12.0 Å². The van der Waals surface area contributed by atoms with Crippen molar-refractivity contribution < 1.29 is 4.79 Å². The third-order valence-corrected chi connectivity index (χ3v) is 3.37. The molecule has 1 heterocycles. The zero-order valence-corrected chi connectivity index (χ0v) is 10.1. The summed E-state index contributed by atoms with van der Waals surface area (Å²) in [4.78, 5) is 14.3. The van der Waals surface area contributed by atoms with Crippen LogP contribution in [0.1, 0.15) is 19.8 Å². The molecule has 1 saturated heterocycles. The van der Waals surface area contributed by atoms with Crippen LogP contribution in [0, 0.1) is 5.92 Å². The van der Waals surface area contributed by atoms with Crippen LogP contribution >= 0.6 is 0 Å². The third kappa shape index (κ3) is 3.33. The van der Waals surface area contributed by atoms with Gasteiger partial charge in [-0.05, 0) is 43.9 Å². The molecule has 0 aromatic carbocycles. The summed E-state index contributed by atoms with van der Waals surface area (Å²) in [5.41, 5.74) is 13.0. The molecule has 96 valence electrons. The largest absolute Gasteiger partial charge is 0.368 e. The van der Waals surface area contributed by atoms with Gasteiger partial charge in [0.15, 0.2) is 0 Å². The molecule has 0 aromatic rings. The van der Waals surface area contributed by atoms with E-state index < -0.39 is 5.54 Å². The van der Waals surface area contributed by atoms with Crippen molar-refractivity contribution in [3.63, 3.8) is 0 Å². The van der Waals surface area contributed by atoms with E-state index in [0.717, 1.165) is 13.1 Å². The molecule has 1 fully saturated rings. The van der Waals surface area contributed by atoms with E-state index in [1.54, 1.807) is 0 Å². The average Bonchev–Trinajstić information content (AvgIpc) is 2.31. The molecule has 17 heavy (non-hydrogen) atoms. The summed E-state index contributed by atoms with van der Waals surface area (Å²) in [5, 5.41) is 9.94. The molecule has 1 aliphatic heterocycles. The number of piperidine rings is 1. The second-order valence-corrected chi connectivity index (χ2v) is 4.43. The average molecular weight is 240 g/mol. The van der Waals surface area contributed by atoms with Gasteiger partial charge < -0.3 is 16.4 Å². The van der Waals surface area contributed by atoms with E-state index in [9.17, 15) is 4.79 Å².